The van der Waals surface area contributed by atoms with Gasteiger partial charge >= 0.3 is 0 Å². The number of nitrogens with zero attached hydrogens (tertiary/aromatic N) is 2. The van der Waals surface area contributed by atoms with Crippen LogP contribution in [-0.2, 0) is 16.6 Å². The third kappa shape index (κ3) is 6.77. The molecule has 28 heavy (non-hydrogen) atoms. The summed E-state index contributed by atoms with van der Waals surface area (Å²) in [5.41, 5.74) is 1.01. The summed E-state index contributed by atoms with van der Waals surface area (Å²) in [4.78, 5) is 4.59. The second-order valence-electron chi connectivity index (χ2n) is 7.44. The van der Waals surface area contributed by atoms with Crippen molar-refractivity contribution in [3.63, 3.8) is 0 Å². The number of halogens is 1. The molecule has 1 fully saturated rings. The van der Waals surface area contributed by atoms with Crippen LogP contribution in [0.15, 0.2) is 34.2 Å². The van der Waals surface area contributed by atoms with Crippen LogP contribution in [0, 0.1) is 0 Å². The molecule has 0 aliphatic carbocycles. The van der Waals surface area contributed by atoms with E-state index in [9.17, 15) is 8.42 Å². The number of nitrogens with one attached hydrogen (secondary N) is 2. The second kappa shape index (κ2) is 11.0. The van der Waals surface area contributed by atoms with E-state index in [0.717, 1.165) is 18.1 Å². The second-order valence-corrected chi connectivity index (χ2v) is 11.1. The first-order valence-electron chi connectivity index (χ1n) is 9.33. The highest BCUT2D eigenvalue weighted by Crippen LogP contribution is 2.36. The monoisotopic (exact) mass is 540 g/mol. The Morgan fingerprint density at radius 2 is 1.93 bits per heavy atom. The number of hydrogen-bond acceptors (Lipinski definition) is 4. The van der Waals surface area contributed by atoms with Gasteiger partial charge in [-0.1, -0.05) is 12.1 Å². The van der Waals surface area contributed by atoms with Gasteiger partial charge in [-0.05, 0) is 57.1 Å². The molecule has 1 aliphatic rings. The van der Waals surface area contributed by atoms with Crippen molar-refractivity contribution in [1.82, 2.24) is 14.9 Å². The highest BCUT2D eigenvalue weighted by molar-refractivity contribution is 14.0. The van der Waals surface area contributed by atoms with Crippen molar-refractivity contribution < 1.29 is 8.42 Å². The van der Waals surface area contributed by atoms with Crippen molar-refractivity contribution in [2.75, 3.05) is 26.4 Å². The van der Waals surface area contributed by atoms with Gasteiger partial charge in [-0.2, -0.15) is 16.1 Å². The van der Waals surface area contributed by atoms with Crippen LogP contribution >= 0.6 is 35.7 Å². The molecule has 1 aliphatic heterocycles. The summed E-state index contributed by atoms with van der Waals surface area (Å²) in [5.74, 6) is 1.99. The lowest BCUT2D eigenvalue weighted by Gasteiger charge is -2.24. The van der Waals surface area contributed by atoms with Gasteiger partial charge in [-0.25, -0.2) is 8.42 Å². The number of rotatable bonds is 7. The molecule has 1 aromatic rings. The van der Waals surface area contributed by atoms with Crippen LogP contribution in [0.3, 0.4) is 0 Å². The molecule has 1 atom stereocenters. The Morgan fingerprint density at radius 3 is 2.43 bits per heavy atom. The van der Waals surface area contributed by atoms with E-state index in [1.165, 1.54) is 22.9 Å². The summed E-state index contributed by atoms with van der Waals surface area (Å²) >= 11 is 2.01. The first kappa shape index (κ1) is 25.5. The lowest BCUT2D eigenvalue weighted by molar-refractivity contribution is 0.410. The van der Waals surface area contributed by atoms with Gasteiger partial charge in [0.25, 0.3) is 0 Å². The van der Waals surface area contributed by atoms with Crippen molar-refractivity contribution in [2.24, 2.45) is 4.99 Å². The van der Waals surface area contributed by atoms with Gasteiger partial charge in [0.1, 0.15) is 0 Å². The molecule has 0 amide bonds. The fourth-order valence-corrected chi connectivity index (χ4v) is 5.49. The molecule has 2 N–H and O–H groups in total. The Bertz CT molecular complexity index is 746. The molecule has 1 aromatic carbocycles. The quantitative estimate of drug-likeness (QED) is 0.316. The lowest BCUT2D eigenvalue weighted by atomic mass is 10.1. The molecule has 0 radical (unpaired) electrons. The summed E-state index contributed by atoms with van der Waals surface area (Å²) in [6, 6.07) is 6.94. The number of guanidine groups is 1. The summed E-state index contributed by atoms with van der Waals surface area (Å²) < 4.78 is 26.7. The predicted octanol–water partition coefficient (Wildman–Crippen LogP) is 3.28. The standard InChI is InChI=1S/C19H32N4O2S2.HI/c1-15(2)23(5)27(24,25)17-9-7-16(8-10-17)13-21-18(20-4)22-14-19(3)11-6-12-26-19;/h7-10,15H,6,11-14H2,1-5H3,(H2,20,21,22);1H. The van der Waals surface area contributed by atoms with Crippen LogP contribution in [0.1, 0.15) is 39.2 Å². The van der Waals surface area contributed by atoms with Crippen molar-refractivity contribution >= 4 is 51.7 Å². The fourth-order valence-electron chi connectivity index (χ4n) is 2.88. The third-order valence-electron chi connectivity index (χ3n) is 4.94. The van der Waals surface area contributed by atoms with Gasteiger partial charge in [0.05, 0.1) is 4.90 Å². The zero-order valence-electron chi connectivity index (χ0n) is 17.4. The Balaban J connectivity index is 0.00000392. The van der Waals surface area contributed by atoms with Gasteiger partial charge in [0.15, 0.2) is 5.96 Å². The highest BCUT2D eigenvalue weighted by Gasteiger charge is 2.29. The maximum atomic E-state index is 12.5. The molecule has 0 bridgehead atoms. The molecule has 9 heteroatoms. The number of hydrogen-bond donors (Lipinski definition) is 2. The van der Waals surface area contributed by atoms with E-state index in [2.05, 4.69) is 22.5 Å². The maximum absolute atomic E-state index is 12.5. The Labute approximate surface area is 191 Å². The van der Waals surface area contributed by atoms with Crippen molar-refractivity contribution in [2.45, 2.75) is 55.8 Å². The normalized spacial score (nSPS) is 20.3. The van der Waals surface area contributed by atoms with E-state index < -0.39 is 10.0 Å². The summed E-state index contributed by atoms with van der Waals surface area (Å²) in [5, 5.41) is 6.70. The summed E-state index contributed by atoms with van der Waals surface area (Å²) in [7, 11) is -0.0751. The van der Waals surface area contributed by atoms with Crippen LogP contribution in [0.25, 0.3) is 0 Å². The molecule has 6 nitrogen and oxygen atoms in total. The van der Waals surface area contributed by atoms with E-state index in [1.807, 2.05) is 37.7 Å². The molecule has 1 saturated heterocycles. The van der Waals surface area contributed by atoms with Gasteiger partial charge in [0.2, 0.25) is 10.0 Å². The van der Waals surface area contributed by atoms with Crippen LogP contribution in [0.4, 0.5) is 0 Å². The minimum absolute atomic E-state index is 0. The molecule has 160 valence electrons. The van der Waals surface area contributed by atoms with Gasteiger partial charge in [0, 0.05) is 38.0 Å². The molecule has 1 unspecified atom stereocenters. The number of thioether (sulfide) groups is 1. The maximum Gasteiger partial charge on any atom is 0.243 e. The van der Waals surface area contributed by atoms with Gasteiger partial charge in [-0.3, -0.25) is 4.99 Å². The average Bonchev–Trinajstić information content (AvgIpc) is 3.08. The van der Waals surface area contributed by atoms with Gasteiger partial charge in [-0.15, -0.1) is 24.0 Å². The first-order chi connectivity index (χ1) is 12.7. The van der Waals surface area contributed by atoms with Crippen molar-refractivity contribution in [3.05, 3.63) is 29.8 Å². The average molecular weight is 541 g/mol. The zero-order chi connectivity index (χ0) is 20.1. The van der Waals surface area contributed by atoms with E-state index in [1.54, 1.807) is 26.2 Å². The summed E-state index contributed by atoms with van der Waals surface area (Å²) in [6.45, 7) is 7.48. The SMILES string of the molecule is CN=C(NCc1ccc(S(=O)(=O)N(C)C(C)C)cc1)NCC1(C)CCCS1.I. The minimum Gasteiger partial charge on any atom is -0.355 e. The van der Waals surface area contributed by atoms with E-state index >= 15 is 0 Å². The largest absolute Gasteiger partial charge is 0.355 e. The number of sulfonamides is 1. The number of benzene rings is 1. The fraction of sp³-hybridized carbons (Fsp3) is 0.632. The van der Waals surface area contributed by atoms with E-state index in [-0.39, 0.29) is 34.8 Å². The van der Waals surface area contributed by atoms with E-state index in [4.69, 9.17) is 0 Å². The zero-order valence-corrected chi connectivity index (χ0v) is 21.3. The molecule has 0 spiro atoms. The molecule has 0 aromatic heterocycles. The first-order valence-corrected chi connectivity index (χ1v) is 11.8. The van der Waals surface area contributed by atoms with Crippen LogP contribution in [0.2, 0.25) is 0 Å². The van der Waals surface area contributed by atoms with Crippen molar-refractivity contribution in [1.29, 1.82) is 0 Å². The predicted molar refractivity (Wildman–Crippen MR) is 130 cm³/mol. The molecule has 0 saturated carbocycles. The van der Waals surface area contributed by atoms with Gasteiger partial charge < -0.3 is 10.6 Å². The number of aliphatic imine (C=N–C) groups is 1. The van der Waals surface area contributed by atoms with Crippen LogP contribution < -0.4 is 10.6 Å². The molecular weight excluding hydrogens is 507 g/mol. The molecule has 2 rings (SSSR count). The minimum atomic E-state index is -3.44. The Kier molecular flexibility index (Phi) is 10.1. The van der Waals surface area contributed by atoms with Crippen molar-refractivity contribution in [3.8, 4) is 0 Å². The lowest BCUT2D eigenvalue weighted by Crippen LogP contribution is -2.43. The molecular formula is C19H33IN4O2S2. The van der Waals surface area contributed by atoms with Crippen LogP contribution in [0.5, 0.6) is 0 Å². The smallest absolute Gasteiger partial charge is 0.243 e. The van der Waals surface area contributed by atoms with E-state index in [0.29, 0.717) is 11.4 Å². The summed E-state index contributed by atoms with van der Waals surface area (Å²) in [6.07, 6.45) is 2.50. The Morgan fingerprint density at radius 1 is 1.29 bits per heavy atom. The Hall–Kier alpha value is -0.520. The third-order valence-corrected chi connectivity index (χ3v) is 8.53. The van der Waals surface area contributed by atoms with Crippen LogP contribution in [-0.4, -0.2) is 55.9 Å². The highest BCUT2D eigenvalue weighted by atomic mass is 127. The molecule has 1 heterocycles. The topological polar surface area (TPSA) is 73.8 Å².